The Morgan fingerprint density at radius 1 is 1.10 bits per heavy atom. The number of nitrogens with one attached hydrogen (secondary N) is 2. The van der Waals surface area contributed by atoms with Crippen LogP contribution in [0, 0.1) is 40.9 Å². The molecule has 4 aromatic rings. The summed E-state index contributed by atoms with van der Waals surface area (Å²) in [6.45, 7) is 8.20. The van der Waals surface area contributed by atoms with Gasteiger partial charge in [0, 0.05) is 35.1 Å². The van der Waals surface area contributed by atoms with Crippen molar-refractivity contribution in [1.29, 1.82) is 10.5 Å². The van der Waals surface area contributed by atoms with Gasteiger partial charge in [-0.15, -0.1) is 5.10 Å². The molecule has 0 spiro atoms. The van der Waals surface area contributed by atoms with Gasteiger partial charge in [0.05, 0.1) is 34.6 Å². The fraction of sp³-hybridized carbons (Fsp3) is 0.379. The number of aromatic nitrogens is 5. The molecule has 1 aromatic carbocycles. The predicted molar refractivity (Wildman–Crippen MR) is 147 cm³/mol. The van der Waals surface area contributed by atoms with Crippen LogP contribution in [0.4, 0.5) is 28.9 Å². The normalized spacial score (nSPS) is 15.1. The molecule has 1 saturated carbocycles. The lowest BCUT2D eigenvalue weighted by Crippen LogP contribution is -2.35. The molecule has 1 aliphatic rings. The van der Waals surface area contributed by atoms with Crippen LogP contribution in [0.15, 0.2) is 36.7 Å². The number of anilines is 2. The Bertz CT molecular complexity index is 1750. The van der Waals surface area contributed by atoms with E-state index in [9.17, 15) is 28.1 Å². The number of aryl methyl sites for hydroxylation is 1. The lowest BCUT2D eigenvalue weighted by Gasteiger charge is -2.23. The summed E-state index contributed by atoms with van der Waals surface area (Å²) in [7, 11) is 0. The molecule has 0 amide bonds. The SMILES string of the molecule is Cc1nc(F)ccc1[C@H](Nc1cc(C#N)c2ncc(C#N)c(NCC(C)(C)C)c2c1)c1cn(C2(C(F)(F)F)CC2)nn1. The summed E-state index contributed by atoms with van der Waals surface area (Å²) in [5.74, 6) is -0.713. The van der Waals surface area contributed by atoms with Gasteiger partial charge < -0.3 is 10.6 Å². The summed E-state index contributed by atoms with van der Waals surface area (Å²) < 4.78 is 56.2. The topological polar surface area (TPSA) is 128 Å². The zero-order valence-electron chi connectivity index (χ0n) is 23.3. The highest BCUT2D eigenvalue weighted by molar-refractivity contribution is 5.99. The molecule has 1 fully saturated rings. The van der Waals surface area contributed by atoms with Gasteiger partial charge in [0.15, 0.2) is 5.54 Å². The molecular weight excluding hydrogens is 550 g/mol. The van der Waals surface area contributed by atoms with Crippen molar-refractivity contribution in [2.45, 2.75) is 58.3 Å². The van der Waals surface area contributed by atoms with Crippen LogP contribution in [0.2, 0.25) is 0 Å². The third-order valence-corrected chi connectivity index (χ3v) is 7.22. The number of hydrogen-bond acceptors (Lipinski definition) is 8. The van der Waals surface area contributed by atoms with E-state index in [0.29, 0.717) is 40.1 Å². The third-order valence-electron chi connectivity index (χ3n) is 7.22. The maximum atomic E-state index is 13.9. The van der Waals surface area contributed by atoms with E-state index < -0.39 is 23.7 Å². The summed E-state index contributed by atoms with van der Waals surface area (Å²) in [4.78, 5) is 8.24. The Hall–Kier alpha value is -4.78. The molecule has 5 rings (SSSR count). The van der Waals surface area contributed by atoms with Crippen molar-refractivity contribution in [2.24, 2.45) is 5.41 Å². The highest BCUT2D eigenvalue weighted by atomic mass is 19.4. The third kappa shape index (κ3) is 5.30. The van der Waals surface area contributed by atoms with Gasteiger partial charge in [0.2, 0.25) is 5.95 Å². The van der Waals surface area contributed by atoms with Crippen LogP contribution in [-0.2, 0) is 5.54 Å². The molecule has 9 nitrogen and oxygen atoms in total. The maximum Gasteiger partial charge on any atom is 0.413 e. The number of nitriles is 2. The van der Waals surface area contributed by atoms with Gasteiger partial charge in [-0.3, -0.25) is 4.98 Å². The second kappa shape index (κ2) is 10.2. The fourth-order valence-electron chi connectivity index (χ4n) is 4.80. The van der Waals surface area contributed by atoms with E-state index >= 15 is 0 Å². The quantitative estimate of drug-likeness (QED) is 0.199. The second-order valence-corrected chi connectivity index (χ2v) is 11.6. The van der Waals surface area contributed by atoms with E-state index in [1.807, 2.05) is 20.8 Å². The van der Waals surface area contributed by atoms with E-state index in [-0.39, 0.29) is 35.1 Å². The summed E-state index contributed by atoms with van der Waals surface area (Å²) in [6, 6.07) is 9.25. The number of pyridine rings is 2. The highest BCUT2D eigenvalue weighted by Crippen LogP contribution is 2.55. The molecule has 0 aliphatic heterocycles. The van der Waals surface area contributed by atoms with E-state index in [1.165, 1.54) is 18.5 Å². The van der Waals surface area contributed by atoms with Crippen molar-refractivity contribution in [1.82, 2.24) is 25.0 Å². The molecule has 2 N–H and O–H groups in total. The lowest BCUT2D eigenvalue weighted by molar-refractivity contribution is -0.182. The van der Waals surface area contributed by atoms with E-state index in [2.05, 4.69) is 43.1 Å². The molecular formula is C29H27F4N9. The summed E-state index contributed by atoms with van der Waals surface area (Å²) in [5.41, 5.74) is 0.428. The minimum Gasteiger partial charge on any atom is -0.383 e. The number of nitrogens with zero attached hydrogens (tertiary/aromatic N) is 7. The monoisotopic (exact) mass is 577 g/mol. The van der Waals surface area contributed by atoms with Crippen molar-refractivity contribution >= 4 is 22.3 Å². The standard InChI is InChI=1S/C29H27F4N9/c1-16-20(5-6-23(30)38-16)26(22-14-42(41-40-22)28(7-8-28)29(31,32)33)39-19-9-17(11-34)24-21(10-19)25(18(12-35)13-36-24)37-15-27(2,3)4/h5-6,9-10,13-14,26,39H,7-8,15H2,1-4H3,(H,36,37)/t26-/m0/s1. The van der Waals surface area contributed by atoms with Gasteiger partial charge in [-0.25, -0.2) is 9.67 Å². The molecule has 13 heteroatoms. The minimum atomic E-state index is -4.50. The number of halogens is 4. The molecule has 216 valence electrons. The second-order valence-electron chi connectivity index (χ2n) is 11.6. The number of alkyl halides is 3. The lowest BCUT2D eigenvalue weighted by atomic mass is 9.96. The minimum absolute atomic E-state index is 0.108. The average molecular weight is 578 g/mol. The van der Waals surface area contributed by atoms with Gasteiger partial charge in [0.25, 0.3) is 0 Å². The predicted octanol–water partition coefficient (Wildman–Crippen LogP) is 6.12. The first-order valence-corrected chi connectivity index (χ1v) is 13.2. The highest BCUT2D eigenvalue weighted by Gasteiger charge is 2.66. The van der Waals surface area contributed by atoms with Crippen LogP contribution in [0.1, 0.15) is 67.7 Å². The molecule has 42 heavy (non-hydrogen) atoms. The molecule has 0 radical (unpaired) electrons. The van der Waals surface area contributed by atoms with Crippen LogP contribution in [0.5, 0.6) is 0 Å². The summed E-state index contributed by atoms with van der Waals surface area (Å²) in [6.07, 6.45) is -2.08. The van der Waals surface area contributed by atoms with Gasteiger partial charge in [0.1, 0.15) is 17.8 Å². The van der Waals surface area contributed by atoms with Crippen molar-refractivity contribution in [3.05, 3.63) is 70.7 Å². The molecule has 0 bridgehead atoms. The van der Waals surface area contributed by atoms with Gasteiger partial charge in [-0.2, -0.15) is 28.1 Å². The van der Waals surface area contributed by atoms with Crippen LogP contribution >= 0.6 is 0 Å². The van der Waals surface area contributed by atoms with Crippen LogP contribution < -0.4 is 10.6 Å². The van der Waals surface area contributed by atoms with Gasteiger partial charge in [-0.05, 0) is 43.4 Å². The average Bonchev–Trinajstić information content (AvgIpc) is 3.61. The van der Waals surface area contributed by atoms with Crippen molar-refractivity contribution < 1.29 is 17.6 Å². The molecule has 3 heterocycles. The number of rotatable bonds is 7. The number of hydrogen-bond donors (Lipinski definition) is 2. The van der Waals surface area contributed by atoms with E-state index in [0.717, 1.165) is 10.7 Å². The zero-order valence-corrected chi connectivity index (χ0v) is 23.3. The fourth-order valence-corrected chi connectivity index (χ4v) is 4.80. The van der Waals surface area contributed by atoms with E-state index in [4.69, 9.17) is 0 Å². The van der Waals surface area contributed by atoms with Crippen LogP contribution in [-0.4, -0.2) is 37.7 Å². The van der Waals surface area contributed by atoms with Crippen molar-refractivity contribution in [3.63, 3.8) is 0 Å². The molecule has 1 atom stereocenters. The summed E-state index contributed by atoms with van der Waals surface area (Å²) >= 11 is 0. The molecule has 1 aliphatic carbocycles. The molecule has 0 saturated heterocycles. The Morgan fingerprint density at radius 2 is 1.81 bits per heavy atom. The van der Waals surface area contributed by atoms with Crippen LogP contribution in [0.25, 0.3) is 10.9 Å². The zero-order chi connectivity index (χ0) is 30.4. The maximum absolute atomic E-state index is 13.9. The summed E-state index contributed by atoms with van der Waals surface area (Å²) in [5, 5.41) is 34.7. The smallest absolute Gasteiger partial charge is 0.383 e. The van der Waals surface area contributed by atoms with Crippen molar-refractivity contribution in [2.75, 3.05) is 17.2 Å². The number of fused-ring (bicyclic) bond motifs is 1. The molecule has 3 aromatic heterocycles. The van der Waals surface area contributed by atoms with Gasteiger partial charge in [-0.1, -0.05) is 32.1 Å². The Morgan fingerprint density at radius 3 is 2.40 bits per heavy atom. The van der Waals surface area contributed by atoms with Crippen LogP contribution in [0.3, 0.4) is 0 Å². The first-order chi connectivity index (χ1) is 19.8. The first-order valence-electron chi connectivity index (χ1n) is 13.2. The Balaban J connectivity index is 1.64. The van der Waals surface area contributed by atoms with E-state index in [1.54, 1.807) is 19.1 Å². The number of benzene rings is 1. The Kier molecular flexibility index (Phi) is 7.01. The first kappa shape index (κ1) is 28.7. The Labute approximate surface area is 239 Å². The molecule has 0 unspecified atom stereocenters. The van der Waals surface area contributed by atoms with Gasteiger partial charge >= 0.3 is 6.18 Å². The van der Waals surface area contributed by atoms with Crippen molar-refractivity contribution in [3.8, 4) is 12.1 Å². The largest absolute Gasteiger partial charge is 0.413 e.